The fourth-order valence-electron chi connectivity index (χ4n) is 3.16. The first-order valence-electron chi connectivity index (χ1n) is 8.49. The average Bonchev–Trinajstić information content (AvgIpc) is 3.04. The zero-order chi connectivity index (χ0) is 18.1. The first kappa shape index (κ1) is 16.7. The lowest BCUT2D eigenvalue weighted by atomic mass is 10.1. The Morgan fingerprint density at radius 3 is 2.81 bits per heavy atom. The van der Waals surface area contributed by atoms with E-state index in [1.807, 2.05) is 30.0 Å². The largest absolute Gasteiger partial charge is 0.347 e. The van der Waals surface area contributed by atoms with Crippen molar-refractivity contribution in [2.45, 2.75) is 19.8 Å². The number of fused-ring (bicyclic) bond motifs is 1. The lowest BCUT2D eigenvalue weighted by molar-refractivity contribution is -0.384. The van der Waals surface area contributed by atoms with Crippen LogP contribution in [-0.4, -0.2) is 28.0 Å². The van der Waals surface area contributed by atoms with Crippen LogP contribution in [0.5, 0.6) is 0 Å². The minimum absolute atomic E-state index is 0.0682. The molecule has 1 aliphatic heterocycles. The maximum Gasteiger partial charge on any atom is 0.311 e. The minimum Gasteiger partial charge on any atom is -0.347 e. The average molecular weight is 366 g/mol. The van der Waals surface area contributed by atoms with Gasteiger partial charge in [-0.2, -0.15) is 0 Å². The highest BCUT2D eigenvalue weighted by Crippen LogP contribution is 2.30. The molecule has 7 heteroatoms. The maximum atomic E-state index is 11.3. The lowest BCUT2D eigenvalue weighted by Crippen LogP contribution is -2.30. The molecule has 0 bridgehead atoms. The van der Waals surface area contributed by atoms with Gasteiger partial charge in [-0.15, -0.1) is 11.3 Å². The van der Waals surface area contributed by atoms with Gasteiger partial charge in [-0.3, -0.25) is 10.1 Å². The summed E-state index contributed by atoms with van der Waals surface area (Å²) in [6.45, 7) is 3.22. The summed E-state index contributed by atoms with van der Waals surface area (Å²) in [4.78, 5) is 22.0. The van der Waals surface area contributed by atoms with Crippen LogP contribution in [0.2, 0.25) is 0 Å². The molecular formula is C19H18N4O2S. The van der Waals surface area contributed by atoms with Gasteiger partial charge in [0.1, 0.15) is 0 Å². The molecule has 0 spiro atoms. The van der Waals surface area contributed by atoms with E-state index in [2.05, 4.69) is 17.1 Å². The van der Waals surface area contributed by atoms with Gasteiger partial charge >= 0.3 is 5.69 Å². The normalized spacial score (nSPS) is 14.5. The van der Waals surface area contributed by atoms with Crippen molar-refractivity contribution in [2.75, 3.05) is 18.0 Å². The summed E-state index contributed by atoms with van der Waals surface area (Å²) in [5.41, 5.74) is 3.23. The van der Waals surface area contributed by atoms with Crippen molar-refractivity contribution in [3.05, 3.63) is 68.9 Å². The molecule has 0 N–H and O–H groups in total. The first-order valence-corrected chi connectivity index (χ1v) is 9.31. The zero-order valence-electron chi connectivity index (χ0n) is 14.4. The standard InChI is InChI=1S/C19H18N4O2S/c1-13-6-7-16(23(24)25)19(20-13)22-10-8-14(9-11-22)12-18-21-15-4-2-3-5-17(15)26-18/h2-8H,9-12H2,1H3. The summed E-state index contributed by atoms with van der Waals surface area (Å²) < 4.78 is 1.21. The van der Waals surface area contributed by atoms with Crippen LogP contribution in [0.25, 0.3) is 10.2 Å². The molecule has 3 heterocycles. The molecule has 0 amide bonds. The molecule has 0 aliphatic carbocycles. The number of hydrogen-bond donors (Lipinski definition) is 0. The number of nitrogens with zero attached hydrogens (tertiary/aromatic N) is 4. The van der Waals surface area contributed by atoms with Gasteiger partial charge in [0.25, 0.3) is 0 Å². The fraction of sp³-hybridized carbons (Fsp3) is 0.263. The number of aromatic nitrogens is 2. The van der Waals surface area contributed by atoms with Crippen LogP contribution in [0.1, 0.15) is 17.1 Å². The third-order valence-corrected chi connectivity index (χ3v) is 5.55. The van der Waals surface area contributed by atoms with E-state index >= 15 is 0 Å². The molecule has 1 aliphatic rings. The molecule has 4 rings (SSSR count). The van der Waals surface area contributed by atoms with E-state index in [1.54, 1.807) is 17.4 Å². The SMILES string of the molecule is Cc1ccc([N+](=O)[O-])c(N2CC=C(Cc3nc4ccccc4s3)CC2)n1. The Labute approximate surface area is 155 Å². The van der Waals surface area contributed by atoms with Gasteiger partial charge in [0.15, 0.2) is 0 Å². The quantitative estimate of drug-likeness (QED) is 0.391. The molecule has 0 saturated carbocycles. The Kier molecular flexibility index (Phi) is 4.38. The van der Waals surface area contributed by atoms with E-state index in [0.717, 1.165) is 35.6 Å². The predicted octanol–water partition coefficient (Wildman–Crippen LogP) is 4.29. The van der Waals surface area contributed by atoms with Gasteiger partial charge in [-0.25, -0.2) is 9.97 Å². The summed E-state index contributed by atoms with van der Waals surface area (Å²) in [7, 11) is 0. The number of thiazole rings is 1. The second kappa shape index (κ2) is 6.84. The number of pyridine rings is 1. The van der Waals surface area contributed by atoms with Crippen molar-refractivity contribution in [3.8, 4) is 0 Å². The highest BCUT2D eigenvalue weighted by molar-refractivity contribution is 7.18. The van der Waals surface area contributed by atoms with E-state index < -0.39 is 0 Å². The van der Waals surface area contributed by atoms with Crippen molar-refractivity contribution in [2.24, 2.45) is 0 Å². The molecule has 132 valence electrons. The zero-order valence-corrected chi connectivity index (χ0v) is 15.2. The topological polar surface area (TPSA) is 72.2 Å². The molecular weight excluding hydrogens is 348 g/mol. The maximum absolute atomic E-state index is 11.3. The fourth-order valence-corrected chi connectivity index (χ4v) is 4.19. The highest BCUT2D eigenvalue weighted by atomic mass is 32.1. The van der Waals surface area contributed by atoms with Crippen LogP contribution < -0.4 is 4.90 Å². The molecule has 0 saturated heterocycles. The second-order valence-corrected chi connectivity index (χ2v) is 7.48. The number of hydrogen-bond acceptors (Lipinski definition) is 6. The summed E-state index contributed by atoms with van der Waals surface area (Å²) >= 11 is 1.73. The van der Waals surface area contributed by atoms with Crippen molar-refractivity contribution in [1.82, 2.24) is 9.97 Å². The Morgan fingerprint density at radius 1 is 1.23 bits per heavy atom. The Hall–Kier alpha value is -2.80. The van der Waals surface area contributed by atoms with Crippen LogP contribution in [0, 0.1) is 17.0 Å². The molecule has 2 aromatic heterocycles. The smallest absolute Gasteiger partial charge is 0.311 e. The summed E-state index contributed by atoms with van der Waals surface area (Å²) in [6.07, 6.45) is 3.86. The number of nitro groups is 1. The van der Waals surface area contributed by atoms with E-state index in [0.29, 0.717) is 12.4 Å². The van der Waals surface area contributed by atoms with E-state index in [9.17, 15) is 10.1 Å². The van der Waals surface area contributed by atoms with Gasteiger partial charge < -0.3 is 4.90 Å². The van der Waals surface area contributed by atoms with Crippen LogP contribution in [0.3, 0.4) is 0 Å². The van der Waals surface area contributed by atoms with E-state index in [-0.39, 0.29) is 10.6 Å². The molecule has 0 unspecified atom stereocenters. The van der Waals surface area contributed by atoms with Crippen LogP contribution in [0.15, 0.2) is 48.0 Å². The van der Waals surface area contributed by atoms with Crippen molar-refractivity contribution in [1.29, 1.82) is 0 Å². The lowest BCUT2D eigenvalue weighted by Gasteiger charge is -2.27. The molecule has 6 nitrogen and oxygen atoms in total. The molecule has 0 fully saturated rings. The number of aryl methyl sites for hydroxylation is 1. The van der Waals surface area contributed by atoms with Crippen LogP contribution in [0.4, 0.5) is 11.5 Å². The minimum atomic E-state index is -0.359. The molecule has 0 atom stereocenters. The summed E-state index contributed by atoms with van der Waals surface area (Å²) in [6, 6.07) is 11.4. The summed E-state index contributed by atoms with van der Waals surface area (Å²) in [5.74, 6) is 0.463. The van der Waals surface area contributed by atoms with Crippen LogP contribution in [-0.2, 0) is 6.42 Å². The second-order valence-electron chi connectivity index (χ2n) is 6.36. The highest BCUT2D eigenvalue weighted by Gasteiger charge is 2.23. The number of benzene rings is 1. The van der Waals surface area contributed by atoms with Gasteiger partial charge in [-0.1, -0.05) is 23.8 Å². The molecule has 26 heavy (non-hydrogen) atoms. The number of para-hydroxylation sites is 1. The Bertz CT molecular complexity index is 979. The van der Waals surface area contributed by atoms with Gasteiger partial charge in [0.2, 0.25) is 5.82 Å². The predicted molar refractivity (Wildman–Crippen MR) is 104 cm³/mol. The van der Waals surface area contributed by atoms with Gasteiger partial charge in [-0.05, 0) is 31.5 Å². The Balaban J connectivity index is 1.52. The number of rotatable bonds is 4. The third-order valence-electron chi connectivity index (χ3n) is 4.51. The third kappa shape index (κ3) is 3.30. The number of anilines is 1. The molecule has 0 radical (unpaired) electrons. The molecule has 1 aromatic carbocycles. The summed E-state index contributed by atoms with van der Waals surface area (Å²) in [5, 5.41) is 12.4. The van der Waals surface area contributed by atoms with Crippen molar-refractivity contribution < 1.29 is 4.92 Å². The monoisotopic (exact) mass is 366 g/mol. The van der Waals surface area contributed by atoms with Crippen molar-refractivity contribution in [3.63, 3.8) is 0 Å². The van der Waals surface area contributed by atoms with Crippen molar-refractivity contribution >= 4 is 33.1 Å². The van der Waals surface area contributed by atoms with Gasteiger partial charge in [0, 0.05) is 31.3 Å². The first-order chi connectivity index (χ1) is 12.6. The molecule has 3 aromatic rings. The van der Waals surface area contributed by atoms with Crippen LogP contribution >= 0.6 is 11.3 Å². The van der Waals surface area contributed by atoms with Gasteiger partial charge in [0.05, 0.1) is 20.1 Å². The van der Waals surface area contributed by atoms with E-state index in [4.69, 9.17) is 4.98 Å². The Morgan fingerprint density at radius 2 is 2.08 bits per heavy atom. The van der Waals surface area contributed by atoms with E-state index in [1.165, 1.54) is 16.3 Å².